The summed E-state index contributed by atoms with van der Waals surface area (Å²) in [6.07, 6.45) is 0.135. The van der Waals surface area contributed by atoms with E-state index in [1.54, 1.807) is 17.6 Å². The molecule has 126 valence electrons. The van der Waals surface area contributed by atoms with Gasteiger partial charge in [-0.2, -0.15) is 0 Å². The molecule has 7 nitrogen and oxygen atoms in total. The second-order valence-electron chi connectivity index (χ2n) is 4.95. The molecule has 0 saturated carbocycles. The molecule has 1 heterocycles. The number of anilines is 1. The van der Waals surface area contributed by atoms with Crippen LogP contribution in [0.5, 0.6) is 0 Å². The maximum Gasteiger partial charge on any atom is 0.269 e. The number of nitrogens with one attached hydrogen (secondary N) is 1. The highest BCUT2D eigenvalue weighted by Gasteiger charge is 2.11. The Kier molecular flexibility index (Phi) is 5.36. The number of carbonyl (C=O) groups excluding carboxylic acids is 1. The first-order valence-electron chi connectivity index (χ1n) is 7.18. The number of nitro benzene ring substituents is 1. The third-order valence-electron chi connectivity index (χ3n) is 3.21. The topological polar surface area (TPSA) is 98.0 Å². The van der Waals surface area contributed by atoms with Crippen LogP contribution >= 0.6 is 23.1 Å². The van der Waals surface area contributed by atoms with E-state index in [-0.39, 0.29) is 18.0 Å². The summed E-state index contributed by atoms with van der Waals surface area (Å²) in [6, 6.07) is 13.4. The number of nitrogens with zero attached hydrogens (tertiary/aromatic N) is 3. The number of benzene rings is 2. The molecule has 0 saturated heterocycles. The van der Waals surface area contributed by atoms with Crippen molar-refractivity contribution in [2.75, 3.05) is 5.32 Å². The monoisotopic (exact) mass is 372 g/mol. The van der Waals surface area contributed by atoms with Crippen LogP contribution in [0.1, 0.15) is 5.56 Å². The maximum absolute atomic E-state index is 12.3. The number of hydrogen-bond acceptors (Lipinski definition) is 7. The molecule has 1 amide bonds. The zero-order chi connectivity index (χ0) is 17.6. The van der Waals surface area contributed by atoms with Crippen molar-refractivity contribution in [3.05, 3.63) is 69.7 Å². The van der Waals surface area contributed by atoms with Crippen LogP contribution < -0.4 is 5.32 Å². The van der Waals surface area contributed by atoms with Crippen LogP contribution in [-0.2, 0) is 11.2 Å². The molecule has 0 spiro atoms. The van der Waals surface area contributed by atoms with Gasteiger partial charge in [0.2, 0.25) is 5.91 Å². The summed E-state index contributed by atoms with van der Waals surface area (Å²) in [6.45, 7) is 0. The lowest BCUT2D eigenvalue weighted by Crippen LogP contribution is -2.14. The SMILES string of the molecule is O=C(Cc1ccc([N+](=O)[O-])cc1)Nc1ccccc1Sc1nncs1. The van der Waals surface area contributed by atoms with Crippen LogP contribution in [0.4, 0.5) is 11.4 Å². The molecule has 1 N–H and O–H groups in total. The van der Waals surface area contributed by atoms with E-state index in [2.05, 4.69) is 15.5 Å². The molecule has 3 rings (SSSR count). The number of carbonyl (C=O) groups is 1. The van der Waals surface area contributed by atoms with Crippen LogP contribution in [0.15, 0.2) is 63.3 Å². The number of aromatic nitrogens is 2. The molecule has 9 heteroatoms. The highest BCUT2D eigenvalue weighted by molar-refractivity contribution is 8.01. The average molecular weight is 372 g/mol. The number of nitro groups is 1. The Morgan fingerprint density at radius 1 is 1.20 bits per heavy atom. The van der Waals surface area contributed by atoms with Gasteiger partial charge in [0.1, 0.15) is 5.51 Å². The predicted octanol–water partition coefficient (Wildman–Crippen LogP) is 3.78. The second kappa shape index (κ2) is 7.86. The van der Waals surface area contributed by atoms with Crippen LogP contribution in [0.3, 0.4) is 0 Å². The van der Waals surface area contributed by atoms with Gasteiger partial charge in [-0.15, -0.1) is 10.2 Å². The van der Waals surface area contributed by atoms with E-state index in [1.807, 2.05) is 24.3 Å². The van der Waals surface area contributed by atoms with Crippen LogP contribution in [0, 0.1) is 10.1 Å². The molecule has 1 aromatic heterocycles. The molecular weight excluding hydrogens is 360 g/mol. The first-order valence-corrected chi connectivity index (χ1v) is 8.87. The summed E-state index contributed by atoms with van der Waals surface area (Å²) < 4.78 is 0.789. The quantitative estimate of drug-likeness (QED) is 0.522. The van der Waals surface area contributed by atoms with Crippen molar-refractivity contribution in [1.29, 1.82) is 0 Å². The summed E-state index contributed by atoms with van der Waals surface area (Å²) >= 11 is 2.85. The fourth-order valence-electron chi connectivity index (χ4n) is 2.08. The summed E-state index contributed by atoms with van der Waals surface area (Å²) in [5.41, 5.74) is 3.05. The Morgan fingerprint density at radius 3 is 2.64 bits per heavy atom. The molecule has 0 atom stereocenters. The van der Waals surface area contributed by atoms with Gasteiger partial charge < -0.3 is 5.32 Å². The van der Waals surface area contributed by atoms with Crippen LogP contribution in [-0.4, -0.2) is 21.0 Å². The number of rotatable bonds is 6. The lowest BCUT2D eigenvalue weighted by molar-refractivity contribution is -0.384. The number of hydrogen-bond donors (Lipinski definition) is 1. The minimum Gasteiger partial charge on any atom is -0.325 e. The normalized spacial score (nSPS) is 10.4. The largest absolute Gasteiger partial charge is 0.325 e. The third-order valence-corrected chi connectivity index (χ3v) is 5.06. The molecule has 25 heavy (non-hydrogen) atoms. The minimum absolute atomic E-state index is 0.00274. The van der Waals surface area contributed by atoms with E-state index in [0.717, 1.165) is 9.24 Å². The fraction of sp³-hybridized carbons (Fsp3) is 0.0625. The van der Waals surface area contributed by atoms with Gasteiger partial charge in [-0.25, -0.2) is 0 Å². The molecular formula is C16H12N4O3S2. The van der Waals surface area contributed by atoms with Gasteiger partial charge in [-0.3, -0.25) is 14.9 Å². The number of non-ortho nitro benzene ring substituents is 1. The number of amides is 1. The first-order chi connectivity index (χ1) is 12.1. The molecule has 3 aromatic rings. The van der Waals surface area contributed by atoms with E-state index in [1.165, 1.54) is 35.2 Å². The summed E-state index contributed by atoms with van der Waals surface area (Å²) in [5, 5.41) is 21.3. The Morgan fingerprint density at radius 2 is 1.96 bits per heavy atom. The molecule has 0 radical (unpaired) electrons. The lowest BCUT2D eigenvalue weighted by atomic mass is 10.1. The Balaban J connectivity index is 1.67. The van der Waals surface area contributed by atoms with Crippen molar-refractivity contribution in [3.8, 4) is 0 Å². The van der Waals surface area contributed by atoms with E-state index in [4.69, 9.17) is 0 Å². The second-order valence-corrected chi connectivity index (χ2v) is 7.07. The Labute approximate surface area is 151 Å². The Bertz CT molecular complexity index is 883. The fourth-order valence-corrected chi connectivity index (χ4v) is 3.60. The van der Waals surface area contributed by atoms with Gasteiger partial charge in [-0.05, 0) is 17.7 Å². The molecule has 0 unspecified atom stereocenters. The van der Waals surface area contributed by atoms with Crippen LogP contribution in [0.2, 0.25) is 0 Å². The van der Waals surface area contributed by atoms with Crippen molar-refractivity contribution >= 4 is 40.4 Å². The summed E-state index contributed by atoms with van der Waals surface area (Å²) in [5.74, 6) is -0.195. The van der Waals surface area contributed by atoms with Gasteiger partial charge in [0, 0.05) is 17.0 Å². The number of para-hydroxylation sites is 1. The zero-order valence-corrected chi connectivity index (χ0v) is 14.4. The Hall–Kier alpha value is -2.78. The lowest BCUT2D eigenvalue weighted by Gasteiger charge is -2.09. The van der Waals surface area contributed by atoms with Crippen molar-refractivity contribution < 1.29 is 9.72 Å². The minimum atomic E-state index is -0.467. The smallest absolute Gasteiger partial charge is 0.269 e. The van der Waals surface area contributed by atoms with Gasteiger partial charge in [-0.1, -0.05) is 47.4 Å². The highest BCUT2D eigenvalue weighted by atomic mass is 32.2. The predicted molar refractivity (Wildman–Crippen MR) is 95.9 cm³/mol. The molecule has 2 aromatic carbocycles. The van der Waals surface area contributed by atoms with E-state index in [0.29, 0.717) is 11.3 Å². The summed E-state index contributed by atoms with van der Waals surface area (Å²) in [4.78, 5) is 23.3. The molecule has 0 bridgehead atoms. The van der Waals surface area contributed by atoms with E-state index in [9.17, 15) is 14.9 Å². The summed E-state index contributed by atoms with van der Waals surface area (Å²) in [7, 11) is 0. The van der Waals surface area contributed by atoms with Crippen molar-refractivity contribution in [2.45, 2.75) is 15.7 Å². The highest BCUT2D eigenvalue weighted by Crippen LogP contribution is 2.33. The van der Waals surface area contributed by atoms with Crippen LogP contribution in [0.25, 0.3) is 0 Å². The van der Waals surface area contributed by atoms with Crippen molar-refractivity contribution in [3.63, 3.8) is 0 Å². The van der Waals surface area contributed by atoms with Gasteiger partial charge in [0.25, 0.3) is 5.69 Å². The third kappa shape index (κ3) is 4.61. The van der Waals surface area contributed by atoms with Crippen molar-refractivity contribution in [1.82, 2.24) is 10.2 Å². The molecule has 0 fully saturated rings. The molecule has 0 aliphatic rings. The van der Waals surface area contributed by atoms with Gasteiger partial charge >= 0.3 is 0 Å². The van der Waals surface area contributed by atoms with E-state index >= 15 is 0 Å². The zero-order valence-electron chi connectivity index (χ0n) is 12.8. The molecule has 0 aliphatic heterocycles. The van der Waals surface area contributed by atoms with Gasteiger partial charge in [0.15, 0.2) is 4.34 Å². The standard InChI is InChI=1S/C16H12N4O3S2/c21-15(9-11-5-7-12(8-6-11)20(22)23)18-13-3-1-2-4-14(13)25-16-19-17-10-24-16/h1-8,10H,9H2,(H,18,21). The maximum atomic E-state index is 12.3. The van der Waals surface area contributed by atoms with Crippen molar-refractivity contribution in [2.24, 2.45) is 0 Å². The van der Waals surface area contributed by atoms with E-state index < -0.39 is 4.92 Å². The average Bonchev–Trinajstić information content (AvgIpc) is 3.10. The molecule has 0 aliphatic carbocycles. The first kappa shape index (κ1) is 17.1. The van der Waals surface area contributed by atoms with Gasteiger partial charge in [0.05, 0.1) is 17.0 Å².